The minimum absolute atomic E-state index is 0.0828. The Morgan fingerprint density at radius 1 is 1.38 bits per heavy atom. The number of carbonyl (C=O) groups excluding carboxylic acids is 3. The van der Waals surface area contributed by atoms with Crippen molar-refractivity contribution in [1.29, 1.82) is 0 Å². The van der Waals surface area contributed by atoms with Gasteiger partial charge in [0.1, 0.15) is 5.41 Å². The Hall–Kier alpha value is -1.39. The third-order valence-electron chi connectivity index (χ3n) is 3.45. The molecule has 0 saturated carbocycles. The fraction of sp³-hybridized carbons (Fsp3) is 0.727. The molecule has 2 atom stereocenters. The fourth-order valence-corrected chi connectivity index (χ4v) is 2.00. The zero-order valence-electron chi connectivity index (χ0n) is 10.2. The molecule has 4 amide bonds. The Bertz CT molecular complexity index is 340. The van der Waals surface area contributed by atoms with E-state index in [9.17, 15) is 14.4 Å². The first-order valence-electron chi connectivity index (χ1n) is 5.49. The maximum Gasteiger partial charge on any atom is 0.330 e. The van der Waals surface area contributed by atoms with Crippen LogP contribution < -0.4 is 5.32 Å². The van der Waals surface area contributed by atoms with Gasteiger partial charge in [-0.25, -0.2) is 4.79 Å². The number of nitrogens with one attached hydrogen (secondary N) is 1. The first-order valence-corrected chi connectivity index (χ1v) is 5.49. The van der Waals surface area contributed by atoms with Gasteiger partial charge in [0.05, 0.1) is 0 Å². The van der Waals surface area contributed by atoms with E-state index in [1.54, 1.807) is 6.92 Å². The van der Waals surface area contributed by atoms with Gasteiger partial charge in [0.15, 0.2) is 0 Å². The minimum Gasteiger partial charge on any atom is -0.277 e. The second-order valence-corrected chi connectivity index (χ2v) is 4.52. The summed E-state index contributed by atoms with van der Waals surface area (Å²) in [6, 6.07) is -0.642. The van der Waals surface area contributed by atoms with Crippen molar-refractivity contribution in [2.45, 2.75) is 33.6 Å². The molecule has 90 valence electrons. The number of urea groups is 1. The van der Waals surface area contributed by atoms with Crippen molar-refractivity contribution >= 4 is 17.8 Å². The number of nitrogens with zero attached hydrogens (tertiary/aromatic N) is 1. The fourth-order valence-electron chi connectivity index (χ4n) is 2.00. The van der Waals surface area contributed by atoms with Gasteiger partial charge in [-0.2, -0.15) is 0 Å². The van der Waals surface area contributed by atoms with Crippen LogP contribution in [-0.2, 0) is 9.59 Å². The molecule has 1 heterocycles. The molecule has 0 spiro atoms. The van der Waals surface area contributed by atoms with Crippen molar-refractivity contribution in [2.75, 3.05) is 7.05 Å². The van der Waals surface area contributed by atoms with Crippen LogP contribution in [0, 0.1) is 11.3 Å². The lowest BCUT2D eigenvalue weighted by Crippen LogP contribution is -2.63. The quantitative estimate of drug-likeness (QED) is 0.734. The van der Waals surface area contributed by atoms with Crippen LogP contribution in [0.4, 0.5) is 4.79 Å². The molecule has 1 rings (SSSR count). The zero-order valence-corrected chi connectivity index (χ0v) is 10.2. The molecular formula is C11H18N2O3. The molecule has 1 N–H and O–H groups in total. The number of barbiturate groups is 1. The normalized spacial score (nSPS) is 28.0. The summed E-state index contributed by atoms with van der Waals surface area (Å²) < 4.78 is 0. The second-order valence-electron chi connectivity index (χ2n) is 4.52. The van der Waals surface area contributed by atoms with Gasteiger partial charge >= 0.3 is 6.03 Å². The lowest BCUT2D eigenvalue weighted by Gasteiger charge is -2.39. The van der Waals surface area contributed by atoms with Gasteiger partial charge in [0.2, 0.25) is 11.8 Å². The maximum atomic E-state index is 12.0. The molecule has 1 saturated heterocycles. The molecule has 1 fully saturated rings. The highest BCUT2D eigenvalue weighted by Gasteiger charge is 2.52. The summed E-state index contributed by atoms with van der Waals surface area (Å²) in [7, 11) is 1.39. The van der Waals surface area contributed by atoms with Crippen LogP contribution in [0.1, 0.15) is 33.6 Å². The average Bonchev–Trinajstić information content (AvgIpc) is 2.24. The molecule has 0 bridgehead atoms. The van der Waals surface area contributed by atoms with E-state index in [-0.39, 0.29) is 5.92 Å². The molecule has 0 unspecified atom stereocenters. The predicted octanol–water partition coefficient (Wildman–Crippen LogP) is 1.14. The van der Waals surface area contributed by atoms with E-state index in [4.69, 9.17) is 0 Å². The Morgan fingerprint density at radius 2 is 1.94 bits per heavy atom. The van der Waals surface area contributed by atoms with Crippen molar-refractivity contribution in [3.63, 3.8) is 0 Å². The van der Waals surface area contributed by atoms with Gasteiger partial charge in [-0.15, -0.1) is 0 Å². The van der Waals surface area contributed by atoms with Crippen molar-refractivity contribution in [3.8, 4) is 0 Å². The Kier molecular flexibility index (Phi) is 3.35. The van der Waals surface area contributed by atoms with Crippen LogP contribution in [0.3, 0.4) is 0 Å². The maximum absolute atomic E-state index is 12.0. The van der Waals surface area contributed by atoms with Crippen LogP contribution in [0.15, 0.2) is 0 Å². The van der Waals surface area contributed by atoms with E-state index < -0.39 is 23.3 Å². The van der Waals surface area contributed by atoms with Crippen molar-refractivity contribution in [3.05, 3.63) is 0 Å². The number of imide groups is 2. The van der Waals surface area contributed by atoms with Crippen molar-refractivity contribution in [1.82, 2.24) is 10.2 Å². The third-order valence-corrected chi connectivity index (χ3v) is 3.45. The highest BCUT2D eigenvalue weighted by Crippen LogP contribution is 2.34. The van der Waals surface area contributed by atoms with Gasteiger partial charge < -0.3 is 0 Å². The van der Waals surface area contributed by atoms with Crippen molar-refractivity contribution < 1.29 is 14.4 Å². The molecule has 0 aromatic rings. The molecule has 0 aromatic carbocycles. The summed E-state index contributed by atoms with van der Waals surface area (Å²) in [4.78, 5) is 36.1. The van der Waals surface area contributed by atoms with E-state index in [1.165, 1.54) is 7.05 Å². The second kappa shape index (κ2) is 4.23. The highest BCUT2D eigenvalue weighted by molar-refractivity contribution is 6.18. The van der Waals surface area contributed by atoms with Crippen LogP contribution in [0.2, 0.25) is 0 Å². The lowest BCUT2D eigenvalue weighted by molar-refractivity contribution is -0.153. The average molecular weight is 226 g/mol. The number of hydrogen-bond donors (Lipinski definition) is 1. The molecule has 16 heavy (non-hydrogen) atoms. The van der Waals surface area contributed by atoms with Gasteiger partial charge in [0, 0.05) is 7.05 Å². The van der Waals surface area contributed by atoms with Gasteiger partial charge in [-0.1, -0.05) is 20.3 Å². The summed E-state index contributed by atoms with van der Waals surface area (Å²) in [6.07, 6.45) is 1.67. The van der Waals surface area contributed by atoms with Crippen LogP contribution in [0.5, 0.6) is 0 Å². The Morgan fingerprint density at radius 3 is 2.44 bits per heavy atom. The number of amides is 4. The van der Waals surface area contributed by atoms with E-state index in [0.717, 1.165) is 17.7 Å². The standard InChI is InChI=1S/C11H18N2O3/c1-5-6-7(2)11(3)8(14)12-10(16)13(4)9(11)15/h7H,5-6H2,1-4H3,(H,12,14,16)/t7-,11+/m1/s1. The smallest absolute Gasteiger partial charge is 0.277 e. The summed E-state index contributed by atoms with van der Waals surface area (Å²) >= 11 is 0. The van der Waals surface area contributed by atoms with Crippen molar-refractivity contribution in [2.24, 2.45) is 11.3 Å². The monoisotopic (exact) mass is 226 g/mol. The molecule has 1 aliphatic heterocycles. The van der Waals surface area contributed by atoms with E-state index in [0.29, 0.717) is 0 Å². The molecular weight excluding hydrogens is 208 g/mol. The Balaban J connectivity index is 3.05. The first kappa shape index (κ1) is 12.7. The van der Waals surface area contributed by atoms with E-state index >= 15 is 0 Å². The Labute approximate surface area is 95.2 Å². The molecule has 0 aliphatic carbocycles. The van der Waals surface area contributed by atoms with Crippen LogP contribution in [-0.4, -0.2) is 29.8 Å². The van der Waals surface area contributed by atoms with E-state index in [1.807, 2.05) is 13.8 Å². The summed E-state index contributed by atoms with van der Waals surface area (Å²) in [6.45, 7) is 5.47. The van der Waals surface area contributed by atoms with Gasteiger partial charge in [0.25, 0.3) is 0 Å². The highest BCUT2D eigenvalue weighted by atomic mass is 16.2. The molecule has 5 nitrogen and oxygen atoms in total. The van der Waals surface area contributed by atoms with Crippen LogP contribution in [0.25, 0.3) is 0 Å². The molecule has 1 aliphatic rings. The third kappa shape index (κ3) is 1.70. The number of rotatable bonds is 3. The molecule has 5 heteroatoms. The lowest BCUT2D eigenvalue weighted by atomic mass is 9.73. The molecule has 0 radical (unpaired) electrons. The van der Waals surface area contributed by atoms with Gasteiger partial charge in [-0.05, 0) is 19.3 Å². The summed E-state index contributed by atoms with van der Waals surface area (Å²) in [5.41, 5.74) is -1.13. The van der Waals surface area contributed by atoms with Crippen LogP contribution >= 0.6 is 0 Å². The number of hydrogen-bond acceptors (Lipinski definition) is 3. The largest absolute Gasteiger partial charge is 0.330 e. The summed E-state index contributed by atoms with van der Waals surface area (Å²) in [5.74, 6) is -0.982. The first-order chi connectivity index (χ1) is 7.35. The minimum atomic E-state index is -1.13. The van der Waals surface area contributed by atoms with Gasteiger partial charge in [-0.3, -0.25) is 19.8 Å². The number of carbonyl (C=O) groups is 3. The van der Waals surface area contributed by atoms with E-state index in [2.05, 4.69) is 5.32 Å². The zero-order chi connectivity index (χ0) is 12.5. The summed E-state index contributed by atoms with van der Waals surface area (Å²) in [5, 5.41) is 2.22. The SMILES string of the molecule is CCC[C@@H](C)[C@@]1(C)C(=O)NC(=O)N(C)C1=O. The predicted molar refractivity (Wildman–Crippen MR) is 58.5 cm³/mol. The molecule has 0 aromatic heterocycles. The topological polar surface area (TPSA) is 66.5 Å².